The molecule has 0 aliphatic heterocycles. The molecule has 2 heteroatoms. The van der Waals surface area contributed by atoms with Crippen molar-refractivity contribution in [3.63, 3.8) is 0 Å². The number of nitrogens with one attached hydrogen (secondary N) is 1. The van der Waals surface area contributed by atoms with Crippen LogP contribution in [0, 0.1) is 5.92 Å². The highest BCUT2D eigenvalue weighted by molar-refractivity contribution is 7.99. The maximum atomic E-state index is 3.63. The van der Waals surface area contributed by atoms with Gasteiger partial charge in [0.05, 0.1) is 0 Å². The lowest BCUT2D eigenvalue weighted by atomic mass is 9.99. The molecule has 1 nitrogen and oxygen atoms in total. The minimum Gasteiger partial charge on any atom is -0.311 e. The third-order valence-corrected chi connectivity index (χ3v) is 3.53. The first kappa shape index (κ1) is 10.4. The van der Waals surface area contributed by atoms with Crippen molar-refractivity contribution < 1.29 is 0 Å². The van der Waals surface area contributed by atoms with Crippen LogP contribution in [0.5, 0.6) is 0 Å². The number of hydrogen-bond acceptors (Lipinski definition) is 2. The van der Waals surface area contributed by atoms with E-state index in [0.29, 0.717) is 5.54 Å². The molecule has 0 spiro atoms. The van der Waals surface area contributed by atoms with Crippen LogP contribution < -0.4 is 5.32 Å². The Morgan fingerprint density at radius 1 is 1.42 bits per heavy atom. The van der Waals surface area contributed by atoms with Gasteiger partial charge in [0.25, 0.3) is 0 Å². The van der Waals surface area contributed by atoms with Crippen LogP contribution in [0.4, 0.5) is 0 Å². The van der Waals surface area contributed by atoms with E-state index in [2.05, 4.69) is 26.1 Å². The summed E-state index contributed by atoms with van der Waals surface area (Å²) < 4.78 is 0. The summed E-state index contributed by atoms with van der Waals surface area (Å²) in [6, 6.07) is 0. The van der Waals surface area contributed by atoms with Crippen LogP contribution >= 0.6 is 11.8 Å². The second-order valence-corrected chi connectivity index (χ2v) is 5.51. The molecule has 0 bridgehead atoms. The van der Waals surface area contributed by atoms with E-state index in [1.165, 1.54) is 30.9 Å². The second kappa shape index (κ2) is 4.52. The molecule has 1 rings (SSSR count). The van der Waals surface area contributed by atoms with E-state index < -0.39 is 0 Å². The van der Waals surface area contributed by atoms with Crippen LogP contribution in [0.3, 0.4) is 0 Å². The summed E-state index contributed by atoms with van der Waals surface area (Å²) in [4.78, 5) is 0. The lowest BCUT2D eigenvalue weighted by molar-refractivity contribution is 0.351. The van der Waals surface area contributed by atoms with E-state index in [1.807, 2.05) is 11.8 Å². The molecule has 0 heterocycles. The molecule has 1 aliphatic rings. The Balaban J connectivity index is 2.04. The molecule has 1 N–H and O–H groups in total. The van der Waals surface area contributed by atoms with E-state index >= 15 is 0 Å². The van der Waals surface area contributed by atoms with Crippen molar-refractivity contribution in [2.75, 3.05) is 18.1 Å². The topological polar surface area (TPSA) is 12.0 Å². The van der Waals surface area contributed by atoms with Crippen molar-refractivity contribution in [1.82, 2.24) is 5.32 Å². The largest absolute Gasteiger partial charge is 0.311 e. The molecule has 0 radical (unpaired) electrons. The lowest BCUT2D eigenvalue weighted by Crippen LogP contribution is -2.42. The Morgan fingerprint density at radius 3 is 2.58 bits per heavy atom. The molecule has 12 heavy (non-hydrogen) atoms. The third-order valence-electron chi connectivity index (χ3n) is 2.63. The molecule has 0 atom stereocenters. The normalized spacial score (nSPS) is 18.2. The zero-order valence-corrected chi connectivity index (χ0v) is 9.34. The van der Waals surface area contributed by atoms with Crippen LogP contribution in [0.25, 0.3) is 0 Å². The molecule has 1 saturated carbocycles. The molecular weight excluding hydrogens is 166 g/mol. The van der Waals surface area contributed by atoms with Gasteiger partial charge in [-0.3, -0.25) is 0 Å². The fraction of sp³-hybridized carbons (Fsp3) is 1.00. The van der Waals surface area contributed by atoms with Gasteiger partial charge in [0.1, 0.15) is 0 Å². The van der Waals surface area contributed by atoms with E-state index in [4.69, 9.17) is 0 Å². The van der Waals surface area contributed by atoms with Crippen LogP contribution in [0.1, 0.15) is 33.6 Å². The predicted molar refractivity (Wildman–Crippen MR) is 57.8 cm³/mol. The molecule has 0 unspecified atom stereocenters. The van der Waals surface area contributed by atoms with Crippen molar-refractivity contribution in [3.8, 4) is 0 Å². The molecule has 1 aliphatic carbocycles. The molecule has 0 aromatic rings. The fourth-order valence-corrected chi connectivity index (χ4v) is 2.07. The van der Waals surface area contributed by atoms with Crippen LogP contribution in [-0.4, -0.2) is 23.6 Å². The molecule has 0 aromatic carbocycles. The minimum atomic E-state index is 0.397. The van der Waals surface area contributed by atoms with Gasteiger partial charge >= 0.3 is 0 Å². The number of hydrogen-bond donors (Lipinski definition) is 1. The third kappa shape index (κ3) is 3.36. The molecule has 72 valence electrons. The first-order chi connectivity index (χ1) is 5.67. The van der Waals surface area contributed by atoms with Gasteiger partial charge in [-0.05, 0) is 38.4 Å². The van der Waals surface area contributed by atoms with Crippen molar-refractivity contribution in [2.45, 2.75) is 39.2 Å². The quantitative estimate of drug-likeness (QED) is 0.641. The van der Waals surface area contributed by atoms with E-state index in [0.717, 1.165) is 5.92 Å². The monoisotopic (exact) mass is 187 g/mol. The molecular formula is C10H21NS. The standard InChI is InChI=1S/C10H21NS/c1-4-12-8-7-11-10(2,3)9-5-6-9/h9,11H,4-8H2,1-3H3. The highest BCUT2D eigenvalue weighted by Gasteiger charge is 2.36. The Labute approximate surface area is 80.7 Å². The Hall–Kier alpha value is 0.310. The zero-order valence-electron chi connectivity index (χ0n) is 8.52. The maximum Gasteiger partial charge on any atom is 0.0153 e. The molecule has 0 aromatic heterocycles. The average Bonchev–Trinajstić information content (AvgIpc) is 2.80. The van der Waals surface area contributed by atoms with E-state index in [-0.39, 0.29) is 0 Å². The summed E-state index contributed by atoms with van der Waals surface area (Å²) in [7, 11) is 0. The highest BCUT2D eigenvalue weighted by Crippen LogP contribution is 2.38. The van der Waals surface area contributed by atoms with Crippen LogP contribution in [0.15, 0.2) is 0 Å². The predicted octanol–water partition coefficient (Wildman–Crippen LogP) is 2.52. The van der Waals surface area contributed by atoms with E-state index in [1.54, 1.807) is 0 Å². The number of thioether (sulfide) groups is 1. The summed E-state index contributed by atoms with van der Waals surface area (Å²) in [6.07, 6.45) is 2.86. The van der Waals surface area contributed by atoms with Crippen molar-refractivity contribution in [3.05, 3.63) is 0 Å². The van der Waals surface area contributed by atoms with Crippen molar-refractivity contribution >= 4 is 11.8 Å². The Bertz CT molecular complexity index is 130. The maximum absolute atomic E-state index is 3.63. The van der Waals surface area contributed by atoms with E-state index in [9.17, 15) is 0 Å². The van der Waals surface area contributed by atoms with Crippen LogP contribution in [0.2, 0.25) is 0 Å². The van der Waals surface area contributed by atoms with Gasteiger partial charge in [0.2, 0.25) is 0 Å². The summed E-state index contributed by atoms with van der Waals surface area (Å²) in [5.41, 5.74) is 0.397. The Kier molecular flexibility index (Phi) is 3.91. The van der Waals surface area contributed by atoms with Gasteiger partial charge in [-0.25, -0.2) is 0 Å². The Morgan fingerprint density at radius 2 is 2.08 bits per heavy atom. The van der Waals surface area contributed by atoms with Crippen LogP contribution in [-0.2, 0) is 0 Å². The van der Waals surface area contributed by atoms with Gasteiger partial charge in [-0.1, -0.05) is 6.92 Å². The smallest absolute Gasteiger partial charge is 0.0153 e. The molecule has 1 fully saturated rings. The lowest BCUT2D eigenvalue weighted by Gasteiger charge is -2.26. The van der Waals surface area contributed by atoms with Crippen molar-refractivity contribution in [2.24, 2.45) is 5.92 Å². The summed E-state index contributed by atoms with van der Waals surface area (Å²) in [5.74, 6) is 3.45. The van der Waals surface area contributed by atoms with Gasteiger partial charge in [0.15, 0.2) is 0 Å². The summed E-state index contributed by atoms with van der Waals surface area (Å²) in [5, 5.41) is 3.63. The van der Waals surface area contributed by atoms with Gasteiger partial charge in [-0.2, -0.15) is 11.8 Å². The first-order valence-corrected chi connectivity index (χ1v) is 6.15. The first-order valence-electron chi connectivity index (χ1n) is 4.99. The molecule has 0 saturated heterocycles. The zero-order chi connectivity index (χ0) is 9.03. The highest BCUT2D eigenvalue weighted by atomic mass is 32.2. The molecule has 0 amide bonds. The van der Waals surface area contributed by atoms with Gasteiger partial charge < -0.3 is 5.32 Å². The SMILES string of the molecule is CCSCCNC(C)(C)C1CC1. The fourth-order valence-electron chi connectivity index (χ4n) is 1.54. The number of rotatable bonds is 6. The van der Waals surface area contributed by atoms with Crippen molar-refractivity contribution in [1.29, 1.82) is 0 Å². The average molecular weight is 187 g/mol. The van der Waals surface area contributed by atoms with Gasteiger partial charge in [0, 0.05) is 17.8 Å². The second-order valence-electron chi connectivity index (χ2n) is 4.12. The minimum absolute atomic E-state index is 0.397. The van der Waals surface area contributed by atoms with Gasteiger partial charge in [-0.15, -0.1) is 0 Å². The summed E-state index contributed by atoms with van der Waals surface area (Å²) >= 11 is 2.02. The summed E-state index contributed by atoms with van der Waals surface area (Å²) in [6.45, 7) is 8.06.